The highest BCUT2D eigenvalue weighted by atomic mass is 16.2. The normalized spacial score (nSPS) is 18.4. The van der Waals surface area contributed by atoms with Crippen LogP contribution in [0.2, 0.25) is 0 Å². The van der Waals surface area contributed by atoms with E-state index in [4.69, 9.17) is 5.73 Å². The topological polar surface area (TPSA) is 58.4 Å². The molecule has 0 aliphatic carbocycles. The van der Waals surface area contributed by atoms with E-state index in [2.05, 4.69) is 5.32 Å². The molecule has 0 unspecified atom stereocenters. The molecule has 0 atom stereocenters. The van der Waals surface area contributed by atoms with Gasteiger partial charge in [0.05, 0.1) is 0 Å². The lowest BCUT2D eigenvalue weighted by Gasteiger charge is -2.09. The summed E-state index contributed by atoms with van der Waals surface area (Å²) in [5.41, 5.74) is 5.11. The van der Waals surface area contributed by atoms with E-state index in [1.807, 2.05) is 0 Å². The third-order valence-corrected chi connectivity index (χ3v) is 1.41. The Morgan fingerprint density at radius 3 is 3.10 bits per heavy atom. The summed E-state index contributed by atoms with van der Waals surface area (Å²) in [6.07, 6.45) is 3.20. The third kappa shape index (κ3) is 1.40. The number of hydrogen-bond acceptors (Lipinski definition) is 2. The van der Waals surface area contributed by atoms with Gasteiger partial charge in [-0.3, -0.25) is 0 Å². The first-order valence-electron chi connectivity index (χ1n) is 3.24. The molecule has 0 aromatic heterocycles. The second-order valence-corrected chi connectivity index (χ2v) is 2.11. The maximum atomic E-state index is 10.8. The van der Waals surface area contributed by atoms with E-state index in [1.54, 1.807) is 11.0 Å². The molecule has 56 valence electrons. The van der Waals surface area contributed by atoms with Crippen molar-refractivity contribution in [2.75, 3.05) is 19.6 Å². The summed E-state index contributed by atoms with van der Waals surface area (Å²) < 4.78 is 0. The standard InChI is InChI=1S/C6H11N3O/c7-2-1-4-9-5-3-8-6(9)10/h1-2H,3-5,7H2,(H,8,10). The molecule has 0 bridgehead atoms. The maximum Gasteiger partial charge on any atom is 0.317 e. The molecule has 1 saturated heterocycles. The number of urea groups is 1. The van der Waals surface area contributed by atoms with Crippen molar-refractivity contribution in [1.82, 2.24) is 10.2 Å². The van der Waals surface area contributed by atoms with Gasteiger partial charge < -0.3 is 16.0 Å². The van der Waals surface area contributed by atoms with Crippen molar-refractivity contribution in [2.45, 2.75) is 0 Å². The van der Waals surface area contributed by atoms with Crippen LogP contribution in [0, 0.1) is 0 Å². The lowest BCUT2D eigenvalue weighted by molar-refractivity contribution is 0.221. The first kappa shape index (κ1) is 6.92. The molecule has 0 radical (unpaired) electrons. The number of amides is 2. The number of nitrogens with one attached hydrogen (secondary N) is 1. The second-order valence-electron chi connectivity index (χ2n) is 2.11. The first-order valence-corrected chi connectivity index (χ1v) is 3.24. The van der Waals surface area contributed by atoms with Gasteiger partial charge in [0.25, 0.3) is 0 Å². The molecule has 3 N–H and O–H groups in total. The van der Waals surface area contributed by atoms with Gasteiger partial charge in [0.1, 0.15) is 0 Å². The number of hydrogen-bond donors (Lipinski definition) is 2. The maximum absolute atomic E-state index is 10.8. The van der Waals surface area contributed by atoms with Crippen LogP contribution >= 0.6 is 0 Å². The van der Waals surface area contributed by atoms with Gasteiger partial charge in [-0.25, -0.2) is 4.79 Å². The van der Waals surface area contributed by atoms with E-state index in [0.29, 0.717) is 6.54 Å². The van der Waals surface area contributed by atoms with Gasteiger partial charge in [-0.2, -0.15) is 0 Å². The zero-order valence-electron chi connectivity index (χ0n) is 5.71. The van der Waals surface area contributed by atoms with E-state index in [9.17, 15) is 4.79 Å². The van der Waals surface area contributed by atoms with Gasteiger partial charge in [0, 0.05) is 19.6 Å². The fraction of sp³-hybridized carbons (Fsp3) is 0.500. The zero-order chi connectivity index (χ0) is 7.40. The lowest BCUT2D eigenvalue weighted by atomic mass is 10.5. The van der Waals surface area contributed by atoms with Crippen LogP contribution in [0.25, 0.3) is 0 Å². The molecular weight excluding hydrogens is 130 g/mol. The van der Waals surface area contributed by atoms with Gasteiger partial charge in [-0.15, -0.1) is 0 Å². The number of nitrogens with zero attached hydrogens (tertiary/aromatic N) is 1. The Bertz CT molecular complexity index is 155. The molecule has 2 amide bonds. The minimum atomic E-state index is -0.00176. The molecular formula is C6H11N3O. The minimum Gasteiger partial charge on any atom is -0.405 e. The Labute approximate surface area is 59.7 Å². The van der Waals surface area contributed by atoms with Crippen molar-refractivity contribution < 1.29 is 4.79 Å². The van der Waals surface area contributed by atoms with Crippen molar-refractivity contribution in [3.05, 3.63) is 12.3 Å². The molecule has 0 aromatic carbocycles. The van der Waals surface area contributed by atoms with E-state index < -0.39 is 0 Å². The molecule has 0 spiro atoms. The van der Waals surface area contributed by atoms with Crippen LogP contribution in [0.3, 0.4) is 0 Å². The highest BCUT2D eigenvalue weighted by Gasteiger charge is 2.16. The summed E-state index contributed by atoms with van der Waals surface area (Å²) in [5, 5.41) is 2.69. The average Bonchev–Trinajstić information content (AvgIpc) is 2.31. The largest absolute Gasteiger partial charge is 0.405 e. The molecule has 10 heavy (non-hydrogen) atoms. The minimum absolute atomic E-state index is 0.00176. The summed E-state index contributed by atoms with van der Waals surface area (Å²) in [7, 11) is 0. The molecule has 1 rings (SSSR count). The molecule has 0 saturated carbocycles. The van der Waals surface area contributed by atoms with Crippen molar-refractivity contribution >= 4 is 6.03 Å². The van der Waals surface area contributed by atoms with E-state index in [-0.39, 0.29) is 6.03 Å². The number of carbonyl (C=O) groups is 1. The zero-order valence-corrected chi connectivity index (χ0v) is 5.71. The van der Waals surface area contributed by atoms with Crippen LogP contribution in [0.4, 0.5) is 4.79 Å². The van der Waals surface area contributed by atoms with Crippen LogP contribution in [-0.2, 0) is 0 Å². The molecule has 4 nitrogen and oxygen atoms in total. The summed E-state index contributed by atoms with van der Waals surface area (Å²) in [5.74, 6) is 0. The SMILES string of the molecule is NC=CCN1CCNC1=O. The van der Waals surface area contributed by atoms with Crippen molar-refractivity contribution in [2.24, 2.45) is 5.73 Å². The second kappa shape index (κ2) is 3.10. The van der Waals surface area contributed by atoms with E-state index in [0.717, 1.165) is 13.1 Å². The monoisotopic (exact) mass is 141 g/mol. The summed E-state index contributed by atoms with van der Waals surface area (Å²) in [6.45, 7) is 2.14. The van der Waals surface area contributed by atoms with Gasteiger partial charge >= 0.3 is 6.03 Å². The smallest absolute Gasteiger partial charge is 0.317 e. The quantitative estimate of drug-likeness (QED) is 0.544. The Balaban J connectivity index is 2.33. The van der Waals surface area contributed by atoms with Crippen LogP contribution in [0.1, 0.15) is 0 Å². The Morgan fingerprint density at radius 2 is 2.60 bits per heavy atom. The van der Waals surface area contributed by atoms with E-state index in [1.165, 1.54) is 6.20 Å². The first-order chi connectivity index (χ1) is 4.84. The summed E-state index contributed by atoms with van der Waals surface area (Å²) in [4.78, 5) is 12.5. The Morgan fingerprint density at radius 1 is 1.80 bits per heavy atom. The summed E-state index contributed by atoms with van der Waals surface area (Å²) in [6, 6.07) is -0.00176. The van der Waals surface area contributed by atoms with Gasteiger partial charge in [-0.05, 0) is 12.3 Å². The third-order valence-electron chi connectivity index (χ3n) is 1.41. The fourth-order valence-electron chi connectivity index (χ4n) is 0.873. The highest BCUT2D eigenvalue weighted by molar-refractivity contribution is 5.76. The molecule has 1 aliphatic rings. The van der Waals surface area contributed by atoms with Crippen molar-refractivity contribution in [3.63, 3.8) is 0 Å². The van der Waals surface area contributed by atoms with Crippen LogP contribution in [0.15, 0.2) is 12.3 Å². The van der Waals surface area contributed by atoms with Gasteiger partial charge in [0.2, 0.25) is 0 Å². The van der Waals surface area contributed by atoms with Crippen molar-refractivity contribution in [3.8, 4) is 0 Å². The average molecular weight is 141 g/mol. The molecule has 1 heterocycles. The van der Waals surface area contributed by atoms with Crippen LogP contribution in [-0.4, -0.2) is 30.6 Å². The summed E-state index contributed by atoms with van der Waals surface area (Å²) >= 11 is 0. The van der Waals surface area contributed by atoms with Crippen LogP contribution in [0.5, 0.6) is 0 Å². The Hall–Kier alpha value is -1.19. The predicted molar refractivity (Wildman–Crippen MR) is 38.3 cm³/mol. The van der Waals surface area contributed by atoms with Gasteiger partial charge in [0.15, 0.2) is 0 Å². The molecule has 1 aliphatic heterocycles. The lowest BCUT2D eigenvalue weighted by Crippen LogP contribution is -2.28. The van der Waals surface area contributed by atoms with Crippen molar-refractivity contribution in [1.29, 1.82) is 0 Å². The number of nitrogens with two attached hydrogens (primary N) is 1. The number of rotatable bonds is 2. The molecule has 4 heteroatoms. The highest BCUT2D eigenvalue weighted by Crippen LogP contribution is 1.94. The number of carbonyl (C=O) groups excluding carboxylic acids is 1. The van der Waals surface area contributed by atoms with Crippen LogP contribution < -0.4 is 11.1 Å². The molecule has 1 fully saturated rings. The Kier molecular flexibility index (Phi) is 2.15. The molecule has 0 aromatic rings. The van der Waals surface area contributed by atoms with E-state index >= 15 is 0 Å². The predicted octanol–water partition coefficient (Wildman–Crippen LogP) is -0.516. The van der Waals surface area contributed by atoms with Gasteiger partial charge in [-0.1, -0.05) is 0 Å². The fourth-order valence-corrected chi connectivity index (χ4v) is 0.873.